The van der Waals surface area contributed by atoms with E-state index in [0.717, 1.165) is 0 Å². The first-order chi connectivity index (χ1) is 10.5. The summed E-state index contributed by atoms with van der Waals surface area (Å²) in [5, 5.41) is 8.88. The van der Waals surface area contributed by atoms with Crippen molar-refractivity contribution in [2.45, 2.75) is 79.1 Å². The summed E-state index contributed by atoms with van der Waals surface area (Å²) in [5.74, 6) is -1.66. The molecule has 0 aromatic carbocycles. The number of halogens is 1. The van der Waals surface area contributed by atoms with Gasteiger partial charge in [0, 0.05) is 0 Å². The Kier molecular flexibility index (Phi) is 18.0. The number of unbranched alkanes of at least 4 members (excludes halogenated alkanes) is 4. The highest BCUT2D eigenvalue weighted by Crippen LogP contribution is 2.16. The molecule has 0 bridgehead atoms. The van der Waals surface area contributed by atoms with Crippen LogP contribution in [0.3, 0.4) is 0 Å². The minimum absolute atomic E-state index is 1.35. The van der Waals surface area contributed by atoms with E-state index in [1.807, 2.05) is 0 Å². The molecule has 0 atom stereocenters. The normalized spacial score (nSPS) is 11.0. The third-order valence-corrected chi connectivity index (χ3v) is 4.05. The monoisotopic (exact) mass is 319 g/mol. The first-order valence-corrected chi connectivity index (χ1v) is 9.12. The van der Waals surface area contributed by atoms with E-state index in [2.05, 4.69) is 27.7 Å². The Labute approximate surface area is 137 Å². The number of carbonyl (C=O) groups excluding carboxylic acids is 1. The number of nitrogens with zero attached hydrogens (tertiary/aromatic N) is 1. The highest BCUT2D eigenvalue weighted by Gasteiger charge is 2.24. The van der Waals surface area contributed by atoms with E-state index in [0.29, 0.717) is 0 Å². The molecule has 0 aromatic rings. The number of hydrogen-bond acceptors (Lipinski definition) is 2. The molecular weight excluding hydrogens is 281 g/mol. The molecule has 0 heterocycles. The number of hydrogen-bond donors (Lipinski definition) is 0. The molecule has 3 nitrogen and oxygen atoms in total. The van der Waals surface area contributed by atoms with Crippen molar-refractivity contribution in [2.24, 2.45) is 0 Å². The van der Waals surface area contributed by atoms with Gasteiger partial charge in [-0.1, -0.05) is 53.4 Å². The third kappa shape index (κ3) is 14.3. The van der Waals surface area contributed by atoms with Gasteiger partial charge in [-0.25, -0.2) is 4.39 Å². The van der Waals surface area contributed by atoms with Crippen LogP contribution in [0.25, 0.3) is 0 Å². The molecule has 0 unspecified atom stereocenters. The van der Waals surface area contributed by atoms with Crippen LogP contribution < -0.4 is 5.11 Å². The lowest BCUT2D eigenvalue weighted by Crippen LogP contribution is -2.50. The fourth-order valence-corrected chi connectivity index (χ4v) is 2.64. The van der Waals surface area contributed by atoms with Crippen LogP contribution in [0.5, 0.6) is 0 Å². The maximum Gasteiger partial charge on any atom is 0.129 e. The van der Waals surface area contributed by atoms with Crippen molar-refractivity contribution >= 4 is 5.97 Å². The number of alkyl halides is 1. The van der Waals surface area contributed by atoms with Gasteiger partial charge in [0.05, 0.1) is 32.1 Å². The predicted octanol–water partition coefficient (Wildman–Crippen LogP) is 3.71. The number of carbonyl (C=O) groups is 1. The van der Waals surface area contributed by atoms with Gasteiger partial charge in [0.2, 0.25) is 0 Å². The number of carboxylic acids is 1. The minimum atomic E-state index is -1.66. The highest BCUT2D eigenvalue weighted by atomic mass is 19.1. The first kappa shape index (κ1) is 23.6. The van der Waals surface area contributed by atoms with Gasteiger partial charge in [-0.3, -0.25) is 0 Å². The van der Waals surface area contributed by atoms with Crippen molar-refractivity contribution in [3.05, 3.63) is 0 Å². The van der Waals surface area contributed by atoms with E-state index >= 15 is 0 Å². The average molecular weight is 320 g/mol. The van der Waals surface area contributed by atoms with Gasteiger partial charge in [0.15, 0.2) is 0 Å². The molecule has 0 saturated carbocycles. The third-order valence-electron chi connectivity index (χ3n) is 4.05. The molecule has 0 fully saturated rings. The van der Waals surface area contributed by atoms with E-state index in [-0.39, 0.29) is 0 Å². The van der Waals surface area contributed by atoms with Crippen LogP contribution >= 0.6 is 0 Å². The lowest BCUT2D eigenvalue weighted by molar-refractivity contribution is -0.929. The van der Waals surface area contributed by atoms with Gasteiger partial charge in [-0.2, -0.15) is 0 Å². The summed E-state index contributed by atoms with van der Waals surface area (Å²) in [7, 11) is 0. The zero-order valence-corrected chi connectivity index (χ0v) is 15.3. The molecule has 0 N–H and O–H groups in total. The van der Waals surface area contributed by atoms with Gasteiger partial charge >= 0.3 is 0 Å². The van der Waals surface area contributed by atoms with Crippen LogP contribution in [0.15, 0.2) is 0 Å². The molecule has 0 radical (unpaired) electrons. The van der Waals surface area contributed by atoms with Crippen molar-refractivity contribution in [1.29, 1.82) is 0 Å². The summed E-state index contributed by atoms with van der Waals surface area (Å²) in [6.07, 6.45) is 11.1. The van der Waals surface area contributed by atoms with Crippen LogP contribution in [-0.4, -0.2) is 43.3 Å². The van der Waals surface area contributed by atoms with Crippen molar-refractivity contribution in [3.8, 4) is 0 Å². The number of rotatable bonds is 13. The summed E-state index contributed by atoms with van der Waals surface area (Å²) in [5.41, 5.74) is 0. The lowest BCUT2D eigenvalue weighted by atomic mass is 10.1. The molecule has 0 saturated heterocycles. The molecule has 0 aromatic heterocycles. The molecule has 0 rings (SSSR count). The summed E-state index contributed by atoms with van der Waals surface area (Å²) in [6, 6.07) is 0. The minimum Gasteiger partial charge on any atom is -0.547 e. The zero-order valence-electron chi connectivity index (χ0n) is 15.3. The van der Waals surface area contributed by atoms with E-state index in [1.54, 1.807) is 0 Å². The van der Waals surface area contributed by atoms with Gasteiger partial charge in [-0.15, -0.1) is 0 Å². The van der Waals surface area contributed by atoms with Crippen molar-refractivity contribution < 1.29 is 18.8 Å². The van der Waals surface area contributed by atoms with Crippen LogP contribution in [0.4, 0.5) is 4.39 Å². The van der Waals surface area contributed by atoms with Crippen LogP contribution in [0.2, 0.25) is 0 Å². The average Bonchev–Trinajstić information content (AvgIpc) is 2.54. The number of aliphatic carboxylic acids is 1. The second kappa shape index (κ2) is 16.7. The number of quaternary nitrogens is 1. The topological polar surface area (TPSA) is 40.1 Å². The predicted molar refractivity (Wildman–Crippen MR) is 90.3 cm³/mol. The van der Waals surface area contributed by atoms with Crippen molar-refractivity contribution in [3.63, 3.8) is 0 Å². The fraction of sp³-hybridized carbons (Fsp3) is 0.944. The summed E-state index contributed by atoms with van der Waals surface area (Å²) in [6.45, 7) is 13.6. The van der Waals surface area contributed by atoms with Gasteiger partial charge in [0.25, 0.3) is 0 Å². The Hall–Kier alpha value is -0.640. The SMILES string of the molecule is CCCC[N+](CCCC)(CCCC)CCCC.O=C([O-])CF. The second-order valence-corrected chi connectivity index (χ2v) is 6.16. The standard InChI is InChI=1S/C16H36N.C2H3FO2/c1-5-9-13-17(14-10-6-2,15-11-7-3)16-12-8-4;3-1-2(4)5/h5-16H2,1-4H3;1H2,(H,4,5)/q+1;/p-1. The highest BCUT2D eigenvalue weighted by molar-refractivity contribution is 5.65. The Bertz CT molecular complexity index is 210. The van der Waals surface area contributed by atoms with Crippen molar-refractivity contribution in [1.82, 2.24) is 0 Å². The second-order valence-electron chi connectivity index (χ2n) is 6.16. The summed E-state index contributed by atoms with van der Waals surface area (Å²) in [4.78, 5) is 8.88. The first-order valence-electron chi connectivity index (χ1n) is 9.12. The molecule has 0 aliphatic heterocycles. The fourth-order valence-electron chi connectivity index (χ4n) is 2.64. The van der Waals surface area contributed by atoms with Crippen LogP contribution in [-0.2, 0) is 4.79 Å². The molecular formula is C18H38FNO2. The van der Waals surface area contributed by atoms with Gasteiger partial charge < -0.3 is 14.4 Å². The van der Waals surface area contributed by atoms with E-state index < -0.39 is 12.6 Å². The Morgan fingerprint density at radius 1 is 0.773 bits per heavy atom. The van der Waals surface area contributed by atoms with E-state index in [4.69, 9.17) is 9.90 Å². The van der Waals surface area contributed by atoms with Crippen LogP contribution in [0.1, 0.15) is 79.1 Å². The Balaban J connectivity index is 0. The van der Waals surface area contributed by atoms with Crippen molar-refractivity contribution in [2.75, 3.05) is 32.9 Å². The molecule has 0 aliphatic carbocycles. The number of carboxylic acid groups (broad SMARTS) is 1. The van der Waals surface area contributed by atoms with E-state index in [1.165, 1.54) is 82.0 Å². The Morgan fingerprint density at radius 3 is 1.14 bits per heavy atom. The van der Waals surface area contributed by atoms with E-state index in [9.17, 15) is 4.39 Å². The molecule has 0 spiro atoms. The molecule has 22 heavy (non-hydrogen) atoms. The van der Waals surface area contributed by atoms with Gasteiger partial charge in [-0.05, 0) is 25.7 Å². The smallest absolute Gasteiger partial charge is 0.129 e. The van der Waals surface area contributed by atoms with Crippen LogP contribution in [0, 0.1) is 0 Å². The molecule has 134 valence electrons. The molecule has 0 aliphatic rings. The quantitative estimate of drug-likeness (QED) is 0.486. The summed E-state index contributed by atoms with van der Waals surface area (Å²) >= 11 is 0. The lowest BCUT2D eigenvalue weighted by Gasteiger charge is -2.39. The molecule has 4 heteroatoms. The largest absolute Gasteiger partial charge is 0.547 e. The molecule has 0 amide bonds. The van der Waals surface area contributed by atoms with Gasteiger partial charge in [0.1, 0.15) is 6.67 Å². The Morgan fingerprint density at radius 2 is 1.00 bits per heavy atom. The summed E-state index contributed by atoms with van der Waals surface area (Å²) < 4.78 is 11.9. The maximum atomic E-state index is 10.5. The zero-order chi connectivity index (χ0) is 17.3. The maximum absolute atomic E-state index is 10.5.